The molecule has 0 aliphatic rings. The molecule has 0 heterocycles. The molecular weight excluding hydrogens is 447 g/mol. The van der Waals surface area contributed by atoms with E-state index in [4.69, 9.17) is 27.5 Å². The predicted octanol–water partition coefficient (Wildman–Crippen LogP) is 3.50. The summed E-state index contributed by atoms with van der Waals surface area (Å²) in [7, 11) is 0. The van der Waals surface area contributed by atoms with Crippen LogP contribution >= 0.6 is 11.6 Å². The Hall–Kier alpha value is -3.91. The fourth-order valence-electron chi connectivity index (χ4n) is 2.98. The van der Waals surface area contributed by atoms with E-state index in [1.54, 1.807) is 48.5 Å². The summed E-state index contributed by atoms with van der Waals surface area (Å²) in [4.78, 5) is 24.5. The van der Waals surface area contributed by atoms with Crippen LogP contribution in [0.3, 0.4) is 0 Å². The van der Waals surface area contributed by atoms with Crippen molar-refractivity contribution in [3.63, 3.8) is 0 Å². The summed E-state index contributed by atoms with van der Waals surface area (Å²) < 4.78 is 19.5. The Bertz CT molecular complexity index is 1190. The van der Waals surface area contributed by atoms with E-state index < -0.39 is 11.7 Å². The van der Waals surface area contributed by atoms with Crippen LogP contribution in [-0.2, 0) is 6.54 Å². The number of rotatable bonds is 9. The third-order valence-electron chi connectivity index (χ3n) is 4.67. The summed E-state index contributed by atoms with van der Waals surface area (Å²) in [5, 5.41) is 13.5. The van der Waals surface area contributed by atoms with E-state index in [-0.39, 0.29) is 37.0 Å². The van der Waals surface area contributed by atoms with E-state index in [2.05, 4.69) is 10.6 Å². The quantitative estimate of drug-likeness (QED) is 0.218. The largest absolute Gasteiger partial charge is 0.491 e. The molecule has 9 heteroatoms. The molecule has 0 spiro atoms. The van der Waals surface area contributed by atoms with E-state index in [9.17, 15) is 14.0 Å². The molecule has 0 unspecified atom stereocenters. The number of benzene rings is 3. The van der Waals surface area contributed by atoms with Gasteiger partial charge in [0.2, 0.25) is 0 Å². The van der Waals surface area contributed by atoms with Crippen molar-refractivity contribution >= 4 is 29.3 Å². The Kier molecular flexibility index (Phi) is 7.99. The zero-order valence-corrected chi connectivity index (χ0v) is 18.3. The lowest BCUT2D eigenvalue weighted by Gasteiger charge is -2.14. The van der Waals surface area contributed by atoms with Crippen LogP contribution < -0.4 is 21.1 Å². The number of nitrogens with one attached hydrogen (secondary N) is 3. The first-order valence-corrected chi connectivity index (χ1v) is 10.4. The Morgan fingerprint density at radius 2 is 1.76 bits per heavy atom. The van der Waals surface area contributed by atoms with Crippen molar-refractivity contribution in [3.8, 4) is 5.75 Å². The lowest BCUT2D eigenvalue weighted by Crippen LogP contribution is -2.29. The molecule has 0 atom stereocenters. The molecule has 0 bridgehead atoms. The van der Waals surface area contributed by atoms with Crippen LogP contribution in [0.15, 0.2) is 66.7 Å². The molecule has 0 saturated heterocycles. The van der Waals surface area contributed by atoms with Crippen LogP contribution in [0.2, 0.25) is 5.02 Å². The molecule has 3 rings (SSSR count). The second-order valence-electron chi connectivity index (χ2n) is 7.01. The number of carbonyl (C=O) groups excluding carboxylic acids is 2. The van der Waals surface area contributed by atoms with E-state index >= 15 is 0 Å². The maximum absolute atomic E-state index is 13.7. The van der Waals surface area contributed by atoms with Crippen molar-refractivity contribution < 1.29 is 18.7 Å². The number of nitrogen functional groups attached to an aromatic ring is 1. The number of hydrogen-bond acceptors (Lipinski definition) is 4. The summed E-state index contributed by atoms with van der Waals surface area (Å²) in [6, 6.07) is 17.2. The number of amidine groups is 1. The van der Waals surface area contributed by atoms with Crippen LogP contribution in [0.4, 0.5) is 4.39 Å². The highest BCUT2D eigenvalue weighted by atomic mass is 35.5. The van der Waals surface area contributed by atoms with E-state index in [0.29, 0.717) is 27.5 Å². The van der Waals surface area contributed by atoms with Crippen molar-refractivity contribution in [1.82, 2.24) is 10.6 Å². The molecular formula is C24H22ClFN4O3. The van der Waals surface area contributed by atoms with Gasteiger partial charge in [-0.1, -0.05) is 41.9 Å². The van der Waals surface area contributed by atoms with Crippen molar-refractivity contribution in [2.24, 2.45) is 5.73 Å². The average Bonchev–Trinajstić information content (AvgIpc) is 2.80. The molecule has 0 aliphatic heterocycles. The maximum atomic E-state index is 13.7. The molecule has 3 aromatic carbocycles. The molecule has 170 valence electrons. The van der Waals surface area contributed by atoms with Gasteiger partial charge in [0.1, 0.15) is 24.0 Å². The summed E-state index contributed by atoms with van der Waals surface area (Å²) in [6.45, 7) is 0.350. The second-order valence-corrected chi connectivity index (χ2v) is 7.45. The van der Waals surface area contributed by atoms with Gasteiger partial charge in [-0.15, -0.1) is 0 Å². The fourth-order valence-corrected chi connectivity index (χ4v) is 3.17. The summed E-state index contributed by atoms with van der Waals surface area (Å²) in [5.74, 6) is -1.21. The molecule has 3 aromatic rings. The third kappa shape index (κ3) is 6.54. The number of carbonyl (C=O) groups is 2. The number of amides is 2. The van der Waals surface area contributed by atoms with E-state index in [0.717, 1.165) is 0 Å². The van der Waals surface area contributed by atoms with E-state index in [1.165, 1.54) is 18.2 Å². The zero-order chi connectivity index (χ0) is 23.8. The summed E-state index contributed by atoms with van der Waals surface area (Å²) in [6.07, 6.45) is 0. The SMILES string of the molecule is N=C(N)c1ccc(CNC(=O)c2cccc(Cl)c2)c(OCCNC(=O)c2ccccc2F)c1. The van der Waals surface area contributed by atoms with Gasteiger partial charge in [0.05, 0.1) is 12.1 Å². The Morgan fingerprint density at radius 1 is 0.970 bits per heavy atom. The van der Waals surface area contributed by atoms with Gasteiger partial charge in [0.15, 0.2) is 0 Å². The average molecular weight is 469 g/mol. The van der Waals surface area contributed by atoms with Gasteiger partial charge < -0.3 is 21.1 Å². The van der Waals surface area contributed by atoms with Gasteiger partial charge in [0, 0.05) is 28.3 Å². The Labute approximate surface area is 195 Å². The normalized spacial score (nSPS) is 10.4. The summed E-state index contributed by atoms with van der Waals surface area (Å²) in [5.41, 5.74) is 7.03. The van der Waals surface area contributed by atoms with Crippen molar-refractivity contribution in [2.45, 2.75) is 6.54 Å². The highest BCUT2D eigenvalue weighted by Crippen LogP contribution is 2.21. The van der Waals surface area contributed by atoms with Gasteiger partial charge >= 0.3 is 0 Å². The van der Waals surface area contributed by atoms with E-state index in [1.807, 2.05) is 0 Å². The minimum atomic E-state index is -0.609. The standard InChI is InChI=1S/C24H22ClFN4O3/c25-18-5-3-4-16(12-18)23(31)30-14-17-9-8-15(22(27)28)13-21(17)33-11-10-29-24(32)19-6-1-2-7-20(19)26/h1-9,12-13H,10-11,14H2,(H3,27,28)(H,29,32)(H,30,31). The minimum absolute atomic E-state index is 0.0551. The number of nitrogens with two attached hydrogens (primary N) is 1. The van der Waals surface area contributed by atoms with Gasteiger partial charge in [-0.05, 0) is 36.4 Å². The van der Waals surface area contributed by atoms with Gasteiger partial charge in [0.25, 0.3) is 11.8 Å². The molecule has 0 radical (unpaired) electrons. The van der Waals surface area contributed by atoms with Crippen LogP contribution in [-0.4, -0.2) is 30.8 Å². The summed E-state index contributed by atoms with van der Waals surface area (Å²) >= 11 is 5.94. The molecule has 0 fully saturated rings. The van der Waals surface area contributed by atoms with Crippen LogP contribution in [0.25, 0.3) is 0 Å². The second kappa shape index (κ2) is 11.1. The highest BCUT2D eigenvalue weighted by Gasteiger charge is 2.12. The van der Waals surface area contributed by atoms with Gasteiger partial charge in [-0.2, -0.15) is 0 Å². The first kappa shape index (κ1) is 23.7. The Morgan fingerprint density at radius 3 is 2.48 bits per heavy atom. The Balaban J connectivity index is 1.62. The van der Waals surface area contributed by atoms with Gasteiger partial charge in [-0.3, -0.25) is 15.0 Å². The lowest BCUT2D eigenvalue weighted by atomic mass is 10.1. The molecule has 0 saturated carbocycles. The molecule has 5 N–H and O–H groups in total. The maximum Gasteiger partial charge on any atom is 0.254 e. The van der Waals surface area contributed by atoms with Crippen molar-refractivity contribution in [2.75, 3.05) is 13.2 Å². The molecule has 0 aliphatic carbocycles. The molecule has 33 heavy (non-hydrogen) atoms. The number of ether oxygens (including phenoxy) is 1. The number of hydrogen-bond donors (Lipinski definition) is 4. The first-order valence-electron chi connectivity index (χ1n) is 10.0. The van der Waals surface area contributed by atoms with Crippen molar-refractivity contribution in [3.05, 3.63) is 99.8 Å². The van der Waals surface area contributed by atoms with Crippen LogP contribution in [0, 0.1) is 11.2 Å². The lowest BCUT2D eigenvalue weighted by molar-refractivity contribution is 0.0936. The minimum Gasteiger partial charge on any atom is -0.491 e. The third-order valence-corrected chi connectivity index (χ3v) is 4.90. The van der Waals surface area contributed by atoms with Crippen LogP contribution in [0.5, 0.6) is 5.75 Å². The van der Waals surface area contributed by atoms with Crippen molar-refractivity contribution in [1.29, 1.82) is 5.41 Å². The smallest absolute Gasteiger partial charge is 0.254 e. The first-order chi connectivity index (χ1) is 15.8. The topological polar surface area (TPSA) is 117 Å². The monoisotopic (exact) mass is 468 g/mol. The molecule has 7 nitrogen and oxygen atoms in total. The zero-order valence-electron chi connectivity index (χ0n) is 17.5. The number of halogens is 2. The molecule has 2 amide bonds. The highest BCUT2D eigenvalue weighted by molar-refractivity contribution is 6.30. The van der Waals surface area contributed by atoms with Crippen LogP contribution in [0.1, 0.15) is 31.8 Å². The predicted molar refractivity (Wildman–Crippen MR) is 124 cm³/mol. The fraction of sp³-hybridized carbons (Fsp3) is 0.125. The van der Waals surface area contributed by atoms with Gasteiger partial charge in [-0.25, -0.2) is 4.39 Å². The molecule has 0 aromatic heterocycles.